The van der Waals surface area contributed by atoms with Crippen LogP contribution in [0.3, 0.4) is 0 Å². The summed E-state index contributed by atoms with van der Waals surface area (Å²) >= 11 is 1.59. The molecule has 0 amide bonds. The van der Waals surface area contributed by atoms with Crippen molar-refractivity contribution in [3.8, 4) is 0 Å². The maximum atomic E-state index is 11.5. The first-order valence-electron chi connectivity index (χ1n) is 7.97. The number of methoxy groups -OCH3 is 2. The van der Waals surface area contributed by atoms with Crippen LogP contribution in [0.5, 0.6) is 0 Å². The van der Waals surface area contributed by atoms with E-state index in [0.29, 0.717) is 13.1 Å². The van der Waals surface area contributed by atoms with Crippen LogP contribution in [-0.4, -0.2) is 56.2 Å². The number of carbonyl (C=O) groups excluding carboxylic acids is 1. The summed E-state index contributed by atoms with van der Waals surface area (Å²) in [6, 6.07) is 0. The van der Waals surface area contributed by atoms with Gasteiger partial charge in [-0.2, -0.15) is 0 Å². The second-order valence-electron chi connectivity index (χ2n) is 5.53. The van der Waals surface area contributed by atoms with E-state index in [0.717, 1.165) is 23.2 Å². The number of nitrogens with one attached hydrogen (secondary N) is 1. The molecule has 0 spiro atoms. The monoisotopic (exact) mass is 484 g/mol. The van der Waals surface area contributed by atoms with E-state index in [9.17, 15) is 4.79 Å². The van der Waals surface area contributed by atoms with Gasteiger partial charge in [0.15, 0.2) is 5.96 Å². The first kappa shape index (κ1) is 24.1. The number of hydrogen-bond donors (Lipinski definition) is 1. The Kier molecular flexibility index (Phi) is 12.0. The molecule has 9 heteroatoms. The number of halogens is 1. The van der Waals surface area contributed by atoms with Crippen LogP contribution in [-0.2, 0) is 20.8 Å². The van der Waals surface area contributed by atoms with E-state index in [4.69, 9.17) is 9.47 Å². The number of aromatic nitrogens is 1. The van der Waals surface area contributed by atoms with Gasteiger partial charge in [0, 0.05) is 26.1 Å². The molecule has 1 rings (SSSR count). The number of nitrogens with zero attached hydrogens (tertiary/aromatic N) is 3. The lowest BCUT2D eigenvalue weighted by Gasteiger charge is -2.21. The van der Waals surface area contributed by atoms with Gasteiger partial charge in [-0.3, -0.25) is 9.79 Å². The standard InChI is InChI=1S/C16H28N4O3S.HI/c1-7-17-16(18-8-11(2)15(21)23-6)20(4)9-13-10-24-14(19-13)12(3)22-5;/h10-12H,7-9H2,1-6H3,(H,17,18);1H. The van der Waals surface area contributed by atoms with Crippen molar-refractivity contribution in [2.24, 2.45) is 10.9 Å². The summed E-state index contributed by atoms with van der Waals surface area (Å²) in [6.07, 6.45) is -0.00290. The van der Waals surface area contributed by atoms with Gasteiger partial charge in [0.2, 0.25) is 0 Å². The number of hydrogen-bond acceptors (Lipinski definition) is 6. The molecule has 0 bridgehead atoms. The van der Waals surface area contributed by atoms with Gasteiger partial charge >= 0.3 is 5.97 Å². The molecule has 2 atom stereocenters. The predicted molar refractivity (Wildman–Crippen MR) is 112 cm³/mol. The Morgan fingerprint density at radius 1 is 1.44 bits per heavy atom. The Bertz CT molecular complexity index is 553. The molecule has 1 heterocycles. The molecule has 7 nitrogen and oxygen atoms in total. The smallest absolute Gasteiger partial charge is 0.310 e. The summed E-state index contributed by atoms with van der Waals surface area (Å²) in [5.41, 5.74) is 0.966. The maximum Gasteiger partial charge on any atom is 0.310 e. The first-order valence-corrected chi connectivity index (χ1v) is 8.85. The highest BCUT2D eigenvalue weighted by molar-refractivity contribution is 14.0. The second kappa shape index (κ2) is 12.4. The van der Waals surface area contributed by atoms with E-state index >= 15 is 0 Å². The fraction of sp³-hybridized carbons (Fsp3) is 0.688. The first-order chi connectivity index (χ1) is 11.4. The zero-order valence-electron chi connectivity index (χ0n) is 15.7. The van der Waals surface area contributed by atoms with Crippen LogP contribution in [0.1, 0.15) is 37.6 Å². The SMILES string of the molecule is CCNC(=NCC(C)C(=O)OC)N(C)Cc1csc(C(C)OC)n1.I. The minimum Gasteiger partial charge on any atom is -0.469 e. The Morgan fingerprint density at radius 2 is 2.12 bits per heavy atom. The average Bonchev–Trinajstić information content (AvgIpc) is 3.04. The number of ether oxygens (including phenoxy) is 2. The minimum absolute atomic E-state index is 0. The van der Waals surface area contributed by atoms with Crippen molar-refractivity contribution in [1.29, 1.82) is 0 Å². The van der Waals surface area contributed by atoms with Gasteiger partial charge in [-0.15, -0.1) is 35.3 Å². The van der Waals surface area contributed by atoms with Crippen molar-refractivity contribution in [3.05, 3.63) is 16.1 Å². The lowest BCUT2D eigenvalue weighted by atomic mass is 10.2. The average molecular weight is 484 g/mol. The molecule has 0 fully saturated rings. The molecule has 0 aliphatic carbocycles. The quantitative estimate of drug-likeness (QED) is 0.265. The van der Waals surface area contributed by atoms with Crippen molar-refractivity contribution in [3.63, 3.8) is 0 Å². The van der Waals surface area contributed by atoms with E-state index in [1.54, 1.807) is 25.4 Å². The number of thiazole rings is 1. The van der Waals surface area contributed by atoms with E-state index in [-0.39, 0.29) is 42.0 Å². The molecular weight excluding hydrogens is 455 g/mol. The molecule has 1 N–H and O–H groups in total. The highest BCUT2D eigenvalue weighted by Gasteiger charge is 2.15. The van der Waals surface area contributed by atoms with Crippen LogP contribution < -0.4 is 5.32 Å². The van der Waals surface area contributed by atoms with E-state index < -0.39 is 0 Å². The van der Waals surface area contributed by atoms with Gasteiger partial charge < -0.3 is 19.7 Å². The van der Waals surface area contributed by atoms with Crippen LogP contribution >= 0.6 is 35.3 Å². The van der Waals surface area contributed by atoms with Gasteiger partial charge in [-0.05, 0) is 13.8 Å². The summed E-state index contributed by atoms with van der Waals surface area (Å²) in [7, 11) is 5.01. The summed E-state index contributed by atoms with van der Waals surface area (Å²) in [6.45, 7) is 7.55. The lowest BCUT2D eigenvalue weighted by molar-refractivity contribution is -0.144. The molecule has 1 aromatic rings. The van der Waals surface area contributed by atoms with Crippen molar-refractivity contribution in [2.75, 3.05) is 34.4 Å². The fourth-order valence-electron chi connectivity index (χ4n) is 1.97. The molecule has 0 aliphatic rings. The minimum atomic E-state index is -0.273. The van der Waals surface area contributed by atoms with Crippen LogP contribution in [0, 0.1) is 5.92 Å². The zero-order valence-corrected chi connectivity index (χ0v) is 18.9. The normalized spacial score (nSPS) is 13.6. The molecule has 2 unspecified atom stereocenters. The van der Waals surface area contributed by atoms with Crippen LogP contribution in [0.4, 0.5) is 0 Å². The largest absolute Gasteiger partial charge is 0.469 e. The Labute approximate surface area is 171 Å². The Balaban J connectivity index is 0.00000576. The highest BCUT2D eigenvalue weighted by atomic mass is 127. The van der Waals surface area contributed by atoms with Crippen LogP contribution in [0.25, 0.3) is 0 Å². The van der Waals surface area contributed by atoms with Crippen molar-refractivity contribution in [1.82, 2.24) is 15.2 Å². The van der Waals surface area contributed by atoms with Crippen LogP contribution in [0.2, 0.25) is 0 Å². The van der Waals surface area contributed by atoms with E-state index in [2.05, 4.69) is 15.3 Å². The Morgan fingerprint density at radius 3 is 2.68 bits per heavy atom. The van der Waals surface area contributed by atoms with Crippen LogP contribution in [0.15, 0.2) is 10.4 Å². The maximum absolute atomic E-state index is 11.5. The molecule has 0 radical (unpaired) electrons. The van der Waals surface area contributed by atoms with Crippen molar-refractivity contribution in [2.45, 2.75) is 33.4 Å². The van der Waals surface area contributed by atoms with Gasteiger partial charge in [-0.1, -0.05) is 6.92 Å². The molecule has 0 aliphatic heterocycles. The van der Waals surface area contributed by atoms with Crippen molar-refractivity contribution < 1.29 is 14.3 Å². The molecule has 0 saturated heterocycles. The molecule has 144 valence electrons. The topological polar surface area (TPSA) is 76.0 Å². The van der Waals surface area contributed by atoms with Gasteiger partial charge in [0.25, 0.3) is 0 Å². The number of esters is 1. The summed E-state index contributed by atoms with van der Waals surface area (Å²) in [5.74, 6) is 0.211. The highest BCUT2D eigenvalue weighted by Crippen LogP contribution is 2.20. The summed E-state index contributed by atoms with van der Waals surface area (Å²) < 4.78 is 10.0. The molecule has 1 aromatic heterocycles. The predicted octanol–water partition coefficient (Wildman–Crippen LogP) is 2.67. The second-order valence-corrected chi connectivity index (χ2v) is 6.42. The fourth-order valence-corrected chi connectivity index (χ4v) is 2.81. The third kappa shape index (κ3) is 7.87. The molecule has 0 saturated carbocycles. The lowest BCUT2D eigenvalue weighted by Crippen LogP contribution is -2.39. The number of rotatable bonds is 8. The molecular formula is C16H29IN4O3S. The number of aliphatic imine (C=N–C) groups is 1. The van der Waals surface area contributed by atoms with Crippen molar-refractivity contribution >= 4 is 47.2 Å². The van der Waals surface area contributed by atoms with Gasteiger partial charge in [0.05, 0.1) is 31.8 Å². The summed E-state index contributed by atoms with van der Waals surface area (Å²) in [4.78, 5) is 22.6. The van der Waals surface area contributed by atoms with Gasteiger partial charge in [-0.25, -0.2) is 4.98 Å². The molecule has 25 heavy (non-hydrogen) atoms. The Hall–Kier alpha value is -0.940. The molecule has 0 aromatic carbocycles. The van der Waals surface area contributed by atoms with E-state index in [1.807, 2.05) is 31.2 Å². The number of guanidine groups is 1. The number of carbonyl (C=O) groups is 1. The zero-order chi connectivity index (χ0) is 18.1. The third-order valence-corrected chi connectivity index (χ3v) is 4.54. The third-order valence-electron chi connectivity index (χ3n) is 3.48. The summed E-state index contributed by atoms with van der Waals surface area (Å²) in [5, 5.41) is 6.22. The van der Waals surface area contributed by atoms with E-state index in [1.165, 1.54) is 7.11 Å². The van der Waals surface area contributed by atoms with Gasteiger partial charge in [0.1, 0.15) is 11.1 Å².